The first kappa shape index (κ1) is 25.8. The van der Waals surface area contributed by atoms with E-state index in [0.29, 0.717) is 34.9 Å². The molecular weight excluding hydrogens is 490 g/mol. The molecule has 39 heavy (non-hydrogen) atoms. The molecule has 196 valence electrons. The van der Waals surface area contributed by atoms with E-state index in [1.165, 1.54) is 12.0 Å². The average Bonchev–Trinajstić information content (AvgIpc) is 3.22. The molecule has 1 fully saturated rings. The van der Waals surface area contributed by atoms with Gasteiger partial charge in [0.15, 0.2) is 0 Å². The number of benzene rings is 4. The number of amides is 1. The second-order valence-electron chi connectivity index (χ2n) is 9.50. The van der Waals surface area contributed by atoms with Gasteiger partial charge in [-0.1, -0.05) is 66.2 Å². The lowest BCUT2D eigenvalue weighted by atomic mass is 9.94. The summed E-state index contributed by atoms with van der Waals surface area (Å²) in [7, 11) is 1.54. The summed E-state index contributed by atoms with van der Waals surface area (Å²) in [6.07, 6.45) is 0. The molecule has 1 saturated heterocycles. The van der Waals surface area contributed by atoms with Crippen molar-refractivity contribution in [2.24, 2.45) is 0 Å². The second kappa shape index (κ2) is 10.9. The van der Waals surface area contributed by atoms with Gasteiger partial charge in [0, 0.05) is 16.8 Å². The van der Waals surface area contributed by atoms with E-state index < -0.39 is 17.7 Å². The fourth-order valence-corrected chi connectivity index (χ4v) is 4.84. The first-order valence-electron chi connectivity index (χ1n) is 12.7. The maximum absolute atomic E-state index is 13.5. The van der Waals surface area contributed by atoms with Gasteiger partial charge in [-0.2, -0.15) is 0 Å². The van der Waals surface area contributed by atoms with Crippen molar-refractivity contribution >= 4 is 23.1 Å². The van der Waals surface area contributed by atoms with Crippen LogP contribution in [0.1, 0.15) is 33.9 Å². The zero-order valence-electron chi connectivity index (χ0n) is 22.0. The number of carbonyl (C=O) groups is 2. The first-order valence-corrected chi connectivity index (χ1v) is 12.7. The fourth-order valence-electron chi connectivity index (χ4n) is 4.84. The van der Waals surface area contributed by atoms with Gasteiger partial charge in [-0.25, -0.2) is 0 Å². The van der Waals surface area contributed by atoms with Crippen LogP contribution in [0.15, 0.2) is 103 Å². The highest BCUT2D eigenvalue weighted by Crippen LogP contribution is 2.45. The molecule has 6 heteroatoms. The van der Waals surface area contributed by atoms with Crippen molar-refractivity contribution in [3.8, 4) is 11.5 Å². The molecule has 1 heterocycles. The van der Waals surface area contributed by atoms with E-state index in [-0.39, 0.29) is 11.3 Å². The smallest absolute Gasteiger partial charge is 0.300 e. The summed E-state index contributed by atoms with van der Waals surface area (Å²) in [5.41, 5.74) is 4.42. The summed E-state index contributed by atoms with van der Waals surface area (Å²) in [6, 6.07) is 28.7. The molecule has 1 unspecified atom stereocenters. The lowest BCUT2D eigenvalue weighted by Crippen LogP contribution is -2.29. The zero-order chi connectivity index (χ0) is 27.5. The molecule has 0 spiro atoms. The Hall–Kier alpha value is -4.84. The maximum Gasteiger partial charge on any atom is 0.300 e. The Balaban J connectivity index is 1.58. The predicted octanol–water partition coefficient (Wildman–Crippen LogP) is 6.52. The normalized spacial score (nSPS) is 16.4. The minimum atomic E-state index is -0.877. The minimum Gasteiger partial charge on any atom is -0.507 e. The SMILES string of the molecule is COc1ccccc1C1/C(=C(\O)c2ccc(OCc3ccccc3)c(C)c2)C(=O)C(=O)N1c1ccc(C)cc1. The molecule has 1 N–H and O–H groups in total. The van der Waals surface area contributed by atoms with Crippen molar-refractivity contribution in [1.29, 1.82) is 0 Å². The number of nitrogens with zero attached hydrogens (tertiary/aromatic N) is 1. The molecule has 0 aromatic heterocycles. The monoisotopic (exact) mass is 519 g/mol. The van der Waals surface area contributed by atoms with Crippen LogP contribution in [-0.2, 0) is 16.2 Å². The van der Waals surface area contributed by atoms with Gasteiger partial charge in [0.2, 0.25) is 0 Å². The van der Waals surface area contributed by atoms with Gasteiger partial charge in [-0.3, -0.25) is 14.5 Å². The van der Waals surface area contributed by atoms with Crippen molar-refractivity contribution in [1.82, 2.24) is 0 Å². The molecule has 4 aromatic rings. The van der Waals surface area contributed by atoms with Crippen LogP contribution < -0.4 is 14.4 Å². The van der Waals surface area contributed by atoms with Crippen LogP contribution >= 0.6 is 0 Å². The van der Waals surface area contributed by atoms with Crippen molar-refractivity contribution in [3.63, 3.8) is 0 Å². The van der Waals surface area contributed by atoms with Gasteiger partial charge in [-0.05, 0) is 61.4 Å². The van der Waals surface area contributed by atoms with E-state index in [2.05, 4.69) is 0 Å². The third kappa shape index (κ3) is 5.01. The van der Waals surface area contributed by atoms with Crippen LogP contribution in [0.2, 0.25) is 0 Å². The highest BCUT2D eigenvalue weighted by atomic mass is 16.5. The Bertz CT molecular complexity index is 1560. The van der Waals surface area contributed by atoms with E-state index >= 15 is 0 Å². The summed E-state index contributed by atoms with van der Waals surface area (Å²) in [5, 5.41) is 11.5. The molecule has 1 amide bonds. The summed E-state index contributed by atoms with van der Waals surface area (Å²) in [4.78, 5) is 28.3. The highest BCUT2D eigenvalue weighted by molar-refractivity contribution is 6.51. The Labute approximate surface area is 227 Å². The number of ether oxygens (including phenoxy) is 2. The quantitative estimate of drug-likeness (QED) is 0.171. The minimum absolute atomic E-state index is 0.00225. The average molecular weight is 520 g/mol. The summed E-state index contributed by atoms with van der Waals surface area (Å²) >= 11 is 0. The predicted molar refractivity (Wildman–Crippen MR) is 151 cm³/mol. The molecule has 1 aliphatic rings. The van der Waals surface area contributed by atoms with Crippen LogP contribution in [0, 0.1) is 13.8 Å². The van der Waals surface area contributed by atoms with E-state index in [9.17, 15) is 14.7 Å². The number of hydrogen-bond acceptors (Lipinski definition) is 5. The molecule has 0 aliphatic carbocycles. The number of hydrogen-bond donors (Lipinski definition) is 1. The van der Waals surface area contributed by atoms with Crippen molar-refractivity contribution in [2.45, 2.75) is 26.5 Å². The lowest BCUT2D eigenvalue weighted by molar-refractivity contribution is -0.132. The molecule has 0 bridgehead atoms. The zero-order valence-corrected chi connectivity index (χ0v) is 22.0. The number of aliphatic hydroxyl groups excluding tert-OH is 1. The number of Topliss-reactive ketones (excluding diaryl/α,β-unsaturated/α-hetero) is 1. The topological polar surface area (TPSA) is 76.1 Å². The van der Waals surface area contributed by atoms with Crippen LogP contribution in [0.5, 0.6) is 11.5 Å². The van der Waals surface area contributed by atoms with Crippen LogP contribution in [0.3, 0.4) is 0 Å². The number of para-hydroxylation sites is 1. The standard InChI is InChI=1S/C33H29NO5/c1-21-13-16-25(17-14-21)34-30(26-11-7-8-12-28(26)38-3)29(32(36)33(34)37)31(35)24-15-18-27(22(2)19-24)39-20-23-9-5-4-6-10-23/h4-19,30,35H,20H2,1-3H3/b31-29+. The summed E-state index contributed by atoms with van der Waals surface area (Å²) in [6.45, 7) is 4.23. The number of methoxy groups -OCH3 is 1. The van der Waals surface area contributed by atoms with Gasteiger partial charge in [0.25, 0.3) is 11.7 Å². The maximum atomic E-state index is 13.5. The number of aryl methyl sites for hydroxylation is 2. The number of rotatable bonds is 7. The molecule has 1 aliphatic heterocycles. The molecule has 1 atom stereocenters. The molecule has 0 saturated carbocycles. The molecule has 6 nitrogen and oxygen atoms in total. The van der Waals surface area contributed by atoms with E-state index in [1.807, 2.05) is 68.4 Å². The van der Waals surface area contributed by atoms with Gasteiger partial charge in [-0.15, -0.1) is 0 Å². The number of anilines is 1. The number of ketones is 1. The third-order valence-corrected chi connectivity index (χ3v) is 6.88. The molecule has 4 aromatic carbocycles. The molecular formula is C33H29NO5. The van der Waals surface area contributed by atoms with Gasteiger partial charge < -0.3 is 14.6 Å². The van der Waals surface area contributed by atoms with E-state index in [0.717, 1.165) is 16.7 Å². The van der Waals surface area contributed by atoms with E-state index in [1.54, 1.807) is 42.5 Å². The van der Waals surface area contributed by atoms with Crippen molar-refractivity contribution < 1.29 is 24.2 Å². The van der Waals surface area contributed by atoms with Gasteiger partial charge >= 0.3 is 0 Å². The van der Waals surface area contributed by atoms with Gasteiger partial charge in [0.1, 0.15) is 23.9 Å². The van der Waals surface area contributed by atoms with Crippen LogP contribution in [0.4, 0.5) is 5.69 Å². The molecule has 5 rings (SSSR count). The lowest BCUT2D eigenvalue weighted by Gasteiger charge is -2.26. The largest absolute Gasteiger partial charge is 0.507 e. The third-order valence-electron chi connectivity index (χ3n) is 6.88. The van der Waals surface area contributed by atoms with Crippen LogP contribution in [-0.4, -0.2) is 23.9 Å². The summed E-state index contributed by atoms with van der Waals surface area (Å²) in [5.74, 6) is -0.552. The van der Waals surface area contributed by atoms with Crippen molar-refractivity contribution in [2.75, 3.05) is 12.0 Å². The van der Waals surface area contributed by atoms with Crippen molar-refractivity contribution in [3.05, 3.63) is 130 Å². The summed E-state index contributed by atoms with van der Waals surface area (Å²) < 4.78 is 11.6. The van der Waals surface area contributed by atoms with Crippen LogP contribution in [0.25, 0.3) is 5.76 Å². The Morgan fingerprint density at radius 3 is 2.23 bits per heavy atom. The highest BCUT2D eigenvalue weighted by Gasteiger charge is 2.47. The fraction of sp³-hybridized carbons (Fsp3) is 0.152. The van der Waals surface area contributed by atoms with Gasteiger partial charge in [0.05, 0.1) is 18.7 Å². The Morgan fingerprint density at radius 2 is 1.54 bits per heavy atom. The molecule has 0 radical (unpaired) electrons. The number of carbonyl (C=O) groups excluding carboxylic acids is 2. The number of aliphatic hydroxyl groups is 1. The Kier molecular flexibility index (Phi) is 7.19. The first-order chi connectivity index (χ1) is 18.9. The Morgan fingerprint density at radius 1 is 0.846 bits per heavy atom. The second-order valence-corrected chi connectivity index (χ2v) is 9.50. The van der Waals surface area contributed by atoms with E-state index in [4.69, 9.17) is 9.47 Å².